The normalized spacial score (nSPS) is 23.9. The first-order valence-corrected chi connectivity index (χ1v) is 8.77. The minimum atomic E-state index is -0.182. The summed E-state index contributed by atoms with van der Waals surface area (Å²) in [5, 5.41) is 3.69. The van der Waals surface area contributed by atoms with Crippen molar-refractivity contribution in [2.75, 3.05) is 19.6 Å². The largest absolute Gasteiger partial charge is 0.315 e. The second-order valence-electron chi connectivity index (χ2n) is 7.09. The lowest BCUT2D eigenvalue weighted by molar-refractivity contribution is 0.428. The molecule has 2 fully saturated rings. The maximum Gasteiger partial charge on any atom is 0.123 e. The predicted octanol–water partition coefficient (Wildman–Crippen LogP) is 3.33. The fourth-order valence-corrected chi connectivity index (χ4v) is 3.76. The van der Waals surface area contributed by atoms with Crippen LogP contribution < -0.4 is 16.2 Å². The van der Waals surface area contributed by atoms with Gasteiger partial charge in [-0.15, -0.1) is 12.4 Å². The van der Waals surface area contributed by atoms with E-state index in [1.165, 1.54) is 30.5 Å². The molecule has 1 saturated heterocycles. The number of nitrogens with one attached hydrogen (secondary N) is 3. The van der Waals surface area contributed by atoms with E-state index in [2.05, 4.69) is 46.5 Å². The lowest BCUT2D eigenvalue weighted by Gasteiger charge is -2.22. The van der Waals surface area contributed by atoms with Crippen LogP contribution in [-0.4, -0.2) is 19.6 Å². The maximum absolute atomic E-state index is 13.1. The molecule has 1 aliphatic heterocycles. The molecule has 1 heterocycles. The van der Waals surface area contributed by atoms with Crippen molar-refractivity contribution in [1.82, 2.24) is 16.2 Å². The van der Waals surface area contributed by atoms with E-state index in [-0.39, 0.29) is 24.3 Å². The Kier molecular flexibility index (Phi) is 5.74. The van der Waals surface area contributed by atoms with Crippen LogP contribution in [0.4, 0.5) is 4.39 Å². The number of hydrazine groups is 1. The molecule has 3 nitrogen and oxygen atoms in total. The molecule has 0 amide bonds. The molecule has 1 saturated carbocycles. The van der Waals surface area contributed by atoms with Gasteiger partial charge in [-0.1, -0.05) is 42.5 Å². The Balaban J connectivity index is 0.00000182. The number of benzene rings is 2. The van der Waals surface area contributed by atoms with Gasteiger partial charge in [0.15, 0.2) is 0 Å². The van der Waals surface area contributed by atoms with Crippen LogP contribution in [0.2, 0.25) is 0 Å². The van der Waals surface area contributed by atoms with Crippen molar-refractivity contribution in [3.05, 3.63) is 71.5 Å². The molecule has 2 atom stereocenters. The van der Waals surface area contributed by atoms with Crippen molar-refractivity contribution in [2.24, 2.45) is 5.92 Å². The van der Waals surface area contributed by atoms with Gasteiger partial charge in [0, 0.05) is 31.0 Å². The number of halogens is 2. The van der Waals surface area contributed by atoms with Crippen LogP contribution in [-0.2, 0) is 5.41 Å². The summed E-state index contributed by atoms with van der Waals surface area (Å²) in [4.78, 5) is 0. The maximum atomic E-state index is 13.1. The molecule has 4 rings (SSSR count). The monoisotopic (exact) mass is 361 g/mol. The van der Waals surface area contributed by atoms with Crippen LogP contribution in [0.3, 0.4) is 0 Å². The van der Waals surface area contributed by atoms with Crippen molar-refractivity contribution in [3.63, 3.8) is 0 Å². The summed E-state index contributed by atoms with van der Waals surface area (Å²) < 4.78 is 13.1. The van der Waals surface area contributed by atoms with Crippen LogP contribution in [0.5, 0.6) is 0 Å². The Hall–Kier alpha value is -1.46. The molecular weight excluding hydrogens is 337 g/mol. The molecule has 3 N–H and O–H groups in total. The van der Waals surface area contributed by atoms with Crippen molar-refractivity contribution in [1.29, 1.82) is 0 Å². The molecule has 134 valence electrons. The fourth-order valence-electron chi connectivity index (χ4n) is 3.76. The zero-order valence-corrected chi connectivity index (χ0v) is 15.0. The predicted molar refractivity (Wildman–Crippen MR) is 101 cm³/mol. The summed E-state index contributed by atoms with van der Waals surface area (Å²) >= 11 is 0. The SMILES string of the molecule is Cl.Fc1ccc(C2NNCC2CNCC2(c3ccccc3)CC2)cc1. The van der Waals surface area contributed by atoms with E-state index < -0.39 is 0 Å². The Morgan fingerprint density at radius 2 is 1.76 bits per heavy atom. The Labute approximate surface area is 154 Å². The lowest BCUT2D eigenvalue weighted by atomic mass is 9.93. The number of hydrogen-bond acceptors (Lipinski definition) is 3. The quantitative estimate of drug-likeness (QED) is 0.738. The average Bonchev–Trinajstić information content (AvgIpc) is 3.27. The molecule has 2 aromatic carbocycles. The Morgan fingerprint density at radius 1 is 1.04 bits per heavy atom. The van der Waals surface area contributed by atoms with E-state index in [0.717, 1.165) is 25.2 Å². The zero-order chi connectivity index (χ0) is 16.4. The molecule has 2 aromatic rings. The molecule has 5 heteroatoms. The highest BCUT2D eigenvalue weighted by Gasteiger charge is 2.43. The van der Waals surface area contributed by atoms with Gasteiger partial charge < -0.3 is 5.32 Å². The fraction of sp³-hybridized carbons (Fsp3) is 0.400. The summed E-state index contributed by atoms with van der Waals surface area (Å²) in [5.74, 6) is 0.278. The summed E-state index contributed by atoms with van der Waals surface area (Å²) in [6.45, 7) is 2.91. The van der Waals surface area contributed by atoms with Gasteiger partial charge in [0.05, 0.1) is 6.04 Å². The standard InChI is InChI=1S/C20H24FN3.ClH/c21-18-8-6-15(7-9-18)19-16(13-23-24-19)12-22-14-20(10-11-20)17-4-2-1-3-5-17;/h1-9,16,19,22-24H,10-14H2;1H. The average molecular weight is 362 g/mol. The molecule has 0 radical (unpaired) electrons. The number of rotatable bonds is 6. The van der Waals surface area contributed by atoms with Crippen molar-refractivity contribution in [2.45, 2.75) is 24.3 Å². The van der Waals surface area contributed by atoms with Crippen LogP contribution in [0.25, 0.3) is 0 Å². The molecule has 0 spiro atoms. The molecule has 0 bridgehead atoms. The second kappa shape index (κ2) is 7.83. The first-order chi connectivity index (χ1) is 11.8. The molecule has 1 aliphatic carbocycles. The van der Waals surface area contributed by atoms with E-state index in [1.807, 2.05) is 12.1 Å². The highest BCUT2D eigenvalue weighted by atomic mass is 35.5. The smallest absolute Gasteiger partial charge is 0.123 e. The Morgan fingerprint density at radius 3 is 2.44 bits per heavy atom. The third kappa shape index (κ3) is 4.04. The molecular formula is C20H25ClFN3. The first-order valence-electron chi connectivity index (χ1n) is 8.77. The minimum absolute atomic E-state index is 0. The van der Waals surface area contributed by atoms with Crippen molar-refractivity contribution >= 4 is 12.4 Å². The lowest BCUT2D eigenvalue weighted by Crippen LogP contribution is -2.33. The third-order valence-electron chi connectivity index (χ3n) is 5.43. The van der Waals surface area contributed by atoms with Gasteiger partial charge in [-0.2, -0.15) is 0 Å². The summed E-state index contributed by atoms with van der Waals surface area (Å²) in [5.41, 5.74) is 9.50. The Bertz CT molecular complexity index is 673. The van der Waals surface area contributed by atoms with Gasteiger partial charge in [-0.25, -0.2) is 9.82 Å². The summed E-state index contributed by atoms with van der Waals surface area (Å²) in [6, 6.07) is 17.9. The third-order valence-corrected chi connectivity index (χ3v) is 5.43. The van der Waals surface area contributed by atoms with Gasteiger partial charge in [-0.3, -0.25) is 5.43 Å². The second-order valence-corrected chi connectivity index (χ2v) is 7.09. The molecule has 2 aliphatic rings. The topological polar surface area (TPSA) is 36.1 Å². The molecule has 25 heavy (non-hydrogen) atoms. The zero-order valence-electron chi connectivity index (χ0n) is 14.2. The first kappa shape index (κ1) is 18.3. The van der Waals surface area contributed by atoms with Gasteiger partial charge in [0.2, 0.25) is 0 Å². The van der Waals surface area contributed by atoms with Gasteiger partial charge in [0.1, 0.15) is 5.82 Å². The van der Waals surface area contributed by atoms with Crippen LogP contribution in [0, 0.1) is 11.7 Å². The summed E-state index contributed by atoms with van der Waals surface area (Å²) in [7, 11) is 0. The number of hydrogen-bond donors (Lipinski definition) is 3. The van der Waals surface area contributed by atoms with Gasteiger partial charge in [-0.05, 0) is 36.1 Å². The van der Waals surface area contributed by atoms with Crippen LogP contribution >= 0.6 is 12.4 Å². The summed E-state index contributed by atoms with van der Waals surface area (Å²) in [6.07, 6.45) is 2.54. The van der Waals surface area contributed by atoms with E-state index in [1.54, 1.807) is 0 Å². The van der Waals surface area contributed by atoms with Crippen LogP contribution in [0.15, 0.2) is 54.6 Å². The van der Waals surface area contributed by atoms with Crippen molar-refractivity contribution in [3.8, 4) is 0 Å². The molecule has 2 unspecified atom stereocenters. The van der Waals surface area contributed by atoms with Crippen molar-refractivity contribution < 1.29 is 4.39 Å². The van der Waals surface area contributed by atoms with Crippen LogP contribution in [0.1, 0.15) is 30.0 Å². The highest BCUT2D eigenvalue weighted by Crippen LogP contribution is 2.47. The van der Waals surface area contributed by atoms with E-state index in [4.69, 9.17) is 0 Å². The van der Waals surface area contributed by atoms with E-state index in [9.17, 15) is 4.39 Å². The van der Waals surface area contributed by atoms with E-state index in [0.29, 0.717) is 11.3 Å². The minimum Gasteiger partial charge on any atom is -0.315 e. The van der Waals surface area contributed by atoms with Gasteiger partial charge in [0.25, 0.3) is 0 Å². The van der Waals surface area contributed by atoms with Gasteiger partial charge >= 0.3 is 0 Å². The van der Waals surface area contributed by atoms with E-state index >= 15 is 0 Å². The highest BCUT2D eigenvalue weighted by molar-refractivity contribution is 5.85. The molecule has 0 aromatic heterocycles.